The van der Waals surface area contributed by atoms with E-state index in [0.717, 1.165) is 19.6 Å². The van der Waals surface area contributed by atoms with E-state index in [-0.39, 0.29) is 41.7 Å². The highest BCUT2D eigenvalue weighted by Gasteiger charge is 2.28. The van der Waals surface area contributed by atoms with Crippen molar-refractivity contribution in [2.45, 2.75) is 37.6 Å². The molecule has 0 spiro atoms. The normalized spacial score (nSPS) is 16.7. The van der Waals surface area contributed by atoms with Crippen LogP contribution in [0.5, 0.6) is 0 Å². The Morgan fingerprint density at radius 2 is 1.85 bits per heavy atom. The van der Waals surface area contributed by atoms with E-state index in [2.05, 4.69) is 17.1 Å². The molecule has 3 N–H and O–H groups in total. The van der Waals surface area contributed by atoms with Gasteiger partial charge in [-0.1, -0.05) is 13.0 Å². The molecule has 1 unspecified atom stereocenters. The molecule has 0 bridgehead atoms. The van der Waals surface area contributed by atoms with Gasteiger partial charge in [-0.3, -0.25) is 4.79 Å². The number of piperazine rings is 1. The fourth-order valence-corrected chi connectivity index (χ4v) is 4.22. The Morgan fingerprint density at radius 1 is 1.22 bits per heavy atom. The summed E-state index contributed by atoms with van der Waals surface area (Å²) in [5.74, 6) is -0.164. The van der Waals surface area contributed by atoms with Gasteiger partial charge in [-0.15, -0.1) is 24.8 Å². The highest BCUT2D eigenvalue weighted by Crippen LogP contribution is 2.21. The molecule has 0 aromatic heterocycles. The van der Waals surface area contributed by atoms with E-state index in [1.54, 1.807) is 18.2 Å². The van der Waals surface area contributed by atoms with Crippen molar-refractivity contribution in [3.05, 3.63) is 24.3 Å². The number of benzene rings is 1. The molecule has 1 atom stereocenters. The van der Waals surface area contributed by atoms with Crippen molar-refractivity contribution in [2.24, 2.45) is 5.73 Å². The zero-order chi connectivity index (χ0) is 18.4. The summed E-state index contributed by atoms with van der Waals surface area (Å²) in [6, 6.07) is 6.39. The molecular formula is C17H30Cl2N4O3S. The molecule has 1 aliphatic rings. The Hall–Kier alpha value is -0.900. The third kappa shape index (κ3) is 7.56. The number of sulfonamides is 1. The van der Waals surface area contributed by atoms with E-state index in [0.29, 0.717) is 31.6 Å². The summed E-state index contributed by atoms with van der Waals surface area (Å²) in [6.45, 7) is 7.30. The molecule has 1 fully saturated rings. The molecule has 10 heteroatoms. The first kappa shape index (κ1) is 26.1. The van der Waals surface area contributed by atoms with Crippen LogP contribution < -0.4 is 11.1 Å². The van der Waals surface area contributed by atoms with E-state index in [9.17, 15) is 13.2 Å². The van der Waals surface area contributed by atoms with Crippen LogP contribution in [0.25, 0.3) is 0 Å². The largest absolute Gasteiger partial charge is 0.328 e. The van der Waals surface area contributed by atoms with Gasteiger partial charge in [0.25, 0.3) is 0 Å². The van der Waals surface area contributed by atoms with Crippen molar-refractivity contribution < 1.29 is 13.2 Å². The van der Waals surface area contributed by atoms with E-state index in [1.807, 2.05) is 6.92 Å². The Bertz CT molecular complexity index is 693. The number of hydrogen-bond acceptors (Lipinski definition) is 5. The minimum atomic E-state index is -3.54. The van der Waals surface area contributed by atoms with Gasteiger partial charge in [0.15, 0.2) is 0 Å². The minimum absolute atomic E-state index is 0. The molecule has 1 saturated heterocycles. The van der Waals surface area contributed by atoms with Crippen LogP contribution in [0.3, 0.4) is 0 Å². The van der Waals surface area contributed by atoms with E-state index < -0.39 is 10.0 Å². The van der Waals surface area contributed by atoms with Gasteiger partial charge in [0.2, 0.25) is 15.9 Å². The van der Waals surface area contributed by atoms with Gasteiger partial charge in [0.1, 0.15) is 0 Å². The number of nitrogens with one attached hydrogen (secondary N) is 1. The smallest absolute Gasteiger partial charge is 0.243 e. The Kier molecular flexibility index (Phi) is 11.4. The number of hydrogen-bond donors (Lipinski definition) is 2. The Balaban J connectivity index is 0.00000338. The summed E-state index contributed by atoms with van der Waals surface area (Å²) in [5, 5.41) is 2.74. The molecule has 2 rings (SSSR count). The number of halogens is 2. The van der Waals surface area contributed by atoms with Gasteiger partial charge in [-0.2, -0.15) is 4.31 Å². The summed E-state index contributed by atoms with van der Waals surface area (Å²) < 4.78 is 27.1. The molecule has 1 aliphatic heterocycles. The predicted octanol–water partition coefficient (Wildman–Crippen LogP) is 1.92. The second kappa shape index (κ2) is 11.8. The zero-order valence-corrected chi connectivity index (χ0v) is 18.2. The lowest BCUT2D eigenvalue weighted by Crippen LogP contribution is -2.48. The number of nitrogens with two attached hydrogens (primary N) is 1. The number of carbonyl (C=O) groups is 1. The van der Waals surface area contributed by atoms with Gasteiger partial charge in [0, 0.05) is 44.3 Å². The molecule has 1 amide bonds. The number of carbonyl (C=O) groups excluding carboxylic acids is 1. The maximum absolute atomic E-state index is 12.8. The molecule has 1 aromatic carbocycles. The highest BCUT2D eigenvalue weighted by molar-refractivity contribution is 7.89. The average molecular weight is 441 g/mol. The highest BCUT2D eigenvalue weighted by atomic mass is 35.5. The number of nitrogens with zero attached hydrogens (tertiary/aromatic N) is 2. The van der Waals surface area contributed by atoms with Gasteiger partial charge in [0.05, 0.1) is 4.90 Å². The van der Waals surface area contributed by atoms with Crippen molar-refractivity contribution in [1.82, 2.24) is 9.21 Å². The van der Waals surface area contributed by atoms with E-state index >= 15 is 0 Å². The average Bonchev–Trinajstić information content (AvgIpc) is 2.60. The molecule has 1 heterocycles. The monoisotopic (exact) mass is 440 g/mol. The van der Waals surface area contributed by atoms with E-state index in [1.165, 1.54) is 10.4 Å². The lowest BCUT2D eigenvalue weighted by atomic mass is 10.2. The number of amides is 1. The maximum atomic E-state index is 12.8. The van der Waals surface area contributed by atoms with Crippen LogP contribution in [0.1, 0.15) is 26.7 Å². The van der Waals surface area contributed by atoms with Crippen LogP contribution in [0, 0.1) is 0 Å². The van der Waals surface area contributed by atoms with Gasteiger partial charge >= 0.3 is 0 Å². The van der Waals surface area contributed by atoms with Gasteiger partial charge in [-0.05, 0) is 38.1 Å². The van der Waals surface area contributed by atoms with Gasteiger partial charge < -0.3 is 16.0 Å². The van der Waals surface area contributed by atoms with Crippen molar-refractivity contribution in [1.29, 1.82) is 0 Å². The van der Waals surface area contributed by atoms with Crippen molar-refractivity contribution >= 4 is 46.4 Å². The third-order valence-corrected chi connectivity index (χ3v) is 6.26. The second-order valence-corrected chi connectivity index (χ2v) is 8.37. The molecule has 1 aromatic rings. The summed E-state index contributed by atoms with van der Waals surface area (Å²) in [7, 11) is -3.54. The molecule has 7 nitrogen and oxygen atoms in total. The van der Waals surface area contributed by atoms with Crippen LogP contribution in [0.15, 0.2) is 29.2 Å². The lowest BCUT2D eigenvalue weighted by Gasteiger charge is -2.33. The zero-order valence-electron chi connectivity index (χ0n) is 15.8. The standard InChI is InChI=1S/C17H28N4O3S.2ClH/c1-3-20-9-11-21(12-10-20)25(23,24)16-6-4-5-15(13-16)19-17(22)8-7-14(2)18;;/h4-6,13-14H,3,7-12,18H2,1-2H3,(H,19,22);2*1H. The SMILES string of the molecule is CCN1CCN(S(=O)(=O)c2cccc(NC(=O)CCC(C)N)c2)CC1.Cl.Cl. The van der Waals surface area contributed by atoms with Crippen molar-refractivity contribution in [3.63, 3.8) is 0 Å². The Morgan fingerprint density at radius 3 is 2.41 bits per heavy atom. The third-order valence-electron chi connectivity index (χ3n) is 4.36. The Labute approximate surface area is 174 Å². The molecule has 156 valence electrons. The fraction of sp³-hybridized carbons (Fsp3) is 0.588. The van der Waals surface area contributed by atoms with Crippen LogP contribution in [0.4, 0.5) is 5.69 Å². The van der Waals surface area contributed by atoms with Crippen molar-refractivity contribution in [3.8, 4) is 0 Å². The molecule has 27 heavy (non-hydrogen) atoms. The minimum Gasteiger partial charge on any atom is -0.328 e. The summed E-state index contributed by atoms with van der Waals surface area (Å²) >= 11 is 0. The number of anilines is 1. The first-order valence-corrected chi connectivity index (χ1v) is 10.1. The molecular weight excluding hydrogens is 411 g/mol. The van der Waals surface area contributed by atoms with Crippen molar-refractivity contribution in [2.75, 3.05) is 38.0 Å². The number of rotatable bonds is 7. The first-order valence-electron chi connectivity index (χ1n) is 8.71. The van der Waals surface area contributed by atoms with Crippen LogP contribution in [-0.2, 0) is 14.8 Å². The lowest BCUT2D eigenvalue weighted by molar-refractivity contribution is -0.116. The molecule has 0 aliphatic carbocycles. The molecule has 0 radical (unpaired) electrons. The predicted molar refractivity (Wildman–Crippen MR) is 113 cm³/mol. The van der Waals surface area contributed by atoms with Gasteiger partial charge in [-0.25, -0.2) is 8.42 Å². The summed E-state index contributed by atoms with van der Waals surface area (Å²) in [5.41, 5.74) is 6.14. The second-order valence-electron chi connectivity index (χ2n) is 6.43. The summed E-state index contributed by atoms with van der Waals surface area (Å²) in [6.07, 6.45) is 0.902. The maximum Gasteiger partial charge on any atom is 0.243 e. The first-order chi connectivity index (χ1) is 11.8. The summed E-state index contributed by atoms with van der Waals surface area (Å²) in [4.78, 5) is 14.4. The topological polar surface area (TPSA) is 95.7 Å². The van der Waals surface area contributed by atoms with Crippen LogP contribution in [0.2, 0.25) is 0 Å². The molecule has 0 saturated carbocycles. The fourth-order valence-electron chi connectivity index (χ4n) is 2.75. The van der Waals surface area contributed by atoms with Crippen LogP contribution >= 0.6 is 24.8 Å². The quantitative estimate of drug-likeness (QED) is 0.674. The number of likely N-dealkylation sites (N-methyl/N-ethyl adjacent to an activating group) is 1. The van der Waals surface area contributed by atoms with Crippen LogP contribution in [-0.4, -0.2) is 62.3 Å². The van der Waals surface area contributed by atoms with E-state index in [4.69, 9.17) is 5.73 Å².